The summed E-state index contributed by atoms with van der Waals surface area (Å²) < 4.78 is 38.3. The molecule has 5 heteroatoms. The third kappa shape index (κ3) is 3.76. The molecule has 78 valence electrons. The van der Waals surface area contributed by atoms with Crippen LogP contribution in [-0.2, 0) is 4.74 Å². The zero-order chi connectivity index (χ0) is 10.6. The van der Waals surface area contributed by atoms with Gasteiger partial charge in [-0.1, -0.05) is 30.3 Å². The highest BCUT2D eigenvalue weighted by Gasteiger charge is 2.30. The second-order valence-corrected chi connectivity index (χ2v) is 2.68. The molecule has 1 rings (SSSR count). The van der Waals surface area contributed by atoms with Crippen molar-refractivity contribution < 1.29 is 23.0 Å². The molecule has 0 fully saturated rings. The van der Waals surface area contributed by atoms with Crippen LogP contribution in [0.5, 0.6) is 0 Å². The molecular weight excluding hydrogens is 197 g/mol. The van der Waals surface area contributed by atoms with Gasteiger partial charge < -0.3 is 5.11 Å². The molecule has 1 aromatic carbocycles. The van der Waals surface area contributed by atoms with E-state index in [4.69, 9.17) is 0 Å². The fraction of sp³-hybridized carbons (Fsp3) is 0.333. The smallest absolute Gasteiger partial charge is 0.386 e. The minimum Gasteiger partial charge on any atom is -0.386 e. The Balaban J connectivity index is 2.48. The number of aliphatic hydroxyl groups is 1. The van der Waals surface area contributed by atoms with Gasteiger partial charge in [0.2, 0.25) is 0 Å². The molecule has 0 saturated heterocycles. The molecule has 0 radical (unpaired) electrons. The van der Waals surface area contributed by atoms with Crippen molar-refractivity contribution in [2.45, 2.75) is 12.5 Å². The van der Waals surface area contributed by atoms with Crippen LogP contribution in [0, 0.1) is 0 Å². The number of benzene rings is 1. The Bertz CT molecular complexity index is 271. The highest BCUT2D eigenvalue weighted by Crippen LogP contribution is 2.20. The van der Waals surface area contributed by atoms with Crippen molar-refractivity contribution in [3.8, 4) is 0 Å². The monoisotopic (exact) mass is 206 g/mol. The zero-order valence-corrected chi connectivity index (χ0v) is 7.16. The Hall–Kier alpha value is -1.07. The summed E-state index contributed by atoms with van der Waals surface area (Å²) in [5, 5.41) is 9.26. The summed E-state index contributed by atoms with van der Waals surface area (Å²) >= 11 is 0. The third-order valence-corrected chi connectivity index (χ3v) is 1.59. The normalized spacial score (nSPS) is 14.0. The molecule has 0 saturated carbocycles. The van der Waals surface area contributed by atoms with E-state index in [1.165, 1.54) is 12.1 Å². The van der Waals surface area contributed by atoms with Crippen LogP contribution in [0.2, 0.25) is 0 Å². The van der Waals surface area contributed by atoms with Crippen molar-refractivity contribution in [2.75, 3.05) is 6.61 Å². The second-order valence-electron chi connectivity index (χ2n) is 2.68. The van der Waals surface area contributed by atoms with Gasteiger partial charge >= 0.3 is 6.36 Å². The van der Waals surface area contributed by atoms with Gasteiger partial charge in [0, 0.05) is 0 Å². The van der Waals surface area contributed by atoms with Crippen LogP contribution in [-0.4, -0.2) is 18.1 Å². The molecular formula is C9H9F3O2. The number of ether oxygens (including phenoxy) is 1. The maximum atomic E-state index is 11.6. The lowest BCUT2D eigenvalue weighted by Crippen LogP contribution is -2.18. The molecule has 1 N–H and O–H groups in total. The summed E-state index contributed by atoms with van der Waals surface area (Å²) in [6.45, 7) is -0.784. The van der Waals surface area contributed by atoms with Gasteiger partial charge in [0.1, 0.15) is 6.10 Å². The molecule has 0 heterocycles. The van der Waals surface area contributed by atoms with Crippen LogP contribution in [0.3, 0.4) is 0 Å². The van der Waals surface area contributed by atoms with Crippen LogP contribution >= 0.6 is 0 Å². The minimum absolute atomic E-state index is 0.400. The van der Waals surface area contributed by atoms with E-state index in [0.29, 0.717) is 5.56 Å². The lowest BCUT2D eigenvalue weighted by atomic mass is 10.1. The minimum atomic E-state index is -4.70. The molecule has 0 amide bonds. The largest absolute Gasteiger partial charge is 0.522 e. The predicted molar refractivity (Wildman–Crippen MR) is 43.4 cm³/mol. The molecule has 0 aliphatic heterocycles. The fourth-order valence-electron chi connectivity index (χ4n) is 0.945. The molecule has 0 aliphatic rings. The van der Waals surface area contributed by atoms with Crippen LogP contribution in [0.4, 0.5) is 13.2 Å². The number of alkyl halides is 3. The van der Waals surface area contributed by atoms with Crippen molar-refractivity contribution in [3.05, 3.63) is 35.9 Å². The van der Waals surface area contributed by atoms with Gasteiger partial charge in [0.05, 0.1) is 6.61 Å². The Morgan fingerprint density at radius 2 is 1.79 bits per heavy atom. The first kappa shape index (κ1) is 11.0. The molecule has 0 bridgehead atoms. The van der Waals surface area contributed by atoms with Crippen LogP contribution in [0.25, 0.3) is 0 Å². The van der Waals surface area contributed by atoms with Gasteiger partial charge in [0.15, 0.2) is 0 Å². The number of aliphatic hydroxyl groups excluding tert-OH is 1. The van der Waals surface area contributed by atoms with E-state index in [9.17, 15) is 18.3 Å². The van der Waals surface area contributed by atoms with E-state index in [-0.39, 0.29) is 0 Å². The molecule has 14 heavy (non-hydrogen) atoms. The quantitative estimate of drug-likeness (QED) is 0.821. The Morgan fingerprint density at radius 3 is 2.29 bits per heavy atom. The first-order chi connectivity index (χ1) is 6.49. The molecule has 0 aromatic heterocycles. The van der Waals surface area contributed by atoms with E-state index >= 15 is 0 Å². The molecule has 1 unspecified atom stereocenters. The van der Waals surface area contributed by atoms with E-state index in [1.54, 1.807) is 18.2 Å². The van der Waals surface area contributed by atoms with Crippen molar-refractivity contribution in [1.29, 1.82) is 0 Å². The lowest BCUT2D eigenvalue weighted by molar-refractivity contribution is -0.331. The fourth-order valence-corrected chi connectivity index (χ4v) is 0.945. The summed E-state index contributed by atoms with van der Waals surface area (Å²) in [4.78, 5) is 0. The highest BCUT2D eigenvalue weighted by atomic mass is 19.4. The summed E-state index contributed by atoms with van der Waals surface area (Å²) in [6.07, 6.45) is -5.95. The van der Waals surface area contributed by atoms with E-state index < -0.39 is 19.1 Å². The standard InChI is InChI=1S/C9H9F3O2/c10-9(11,12)14-6-8(13)7-4-2-1-3-5-7/h1-5,8,13H,6H2. The van der Waals surface area contributed by atoms with Crippen molar-refractivity contribution in [3.63, 3.8) is 0 Å². The summed E-state index contributed by atoms with van der Waals surface area (Å²) in [7, 11) is 0. The number of hydrogen-bond donors (Lipinski definition) is 1. The van der Waals surface area contributed by atoms with Gasteiger partial charge in [-0.25, -0.2) is 0 Å². The van der Waals surface area contributed by atoms with E-state index in [0.717, 1.165) is 0 Å². The lowest BCUT2D eigenvalue weighted by Gasteiger charge is -2.12. The average molecular weight is 206 g/mol. The highest BCUT2D eigenvalue weighted by molar-refractivity contribution is 5.17. The summed E-state index contributed by atoms with van der Waals surface area (Å²) in [6, 6.07) is 8.04. The third-order valence-electron chi connectivity index (χ3n) is 1.59. The SMILES string of the molecule is OC(COC(F)(F)F)c1ccccc1. The van der Waals surface area contributed by atoms with Crippen LogP contribution < -0.4 is 0 Å². The van der Waals surface area contributed by atoms with Gasteiger partial charge in [0.25, 0.3) is 0 Å². The van der Waals surface area contributed by atoms with Gasteiger partial charge in [-0.15, -0.1) is 13.2 Å². The van der Waals surface area contributed by atoms with Gasteiger partial charge in [-0.2, -0.15) is 0 Å². The first-order valence-electron chi connectivity index (χ1n) is 3.93. The van der Waals surface area contributed by atoms with Crippen LogP contribution in [0.15, 0.2) is 30.3 Å². The van der Waals surface area contributed by atoms with Gasteiger partial charge in [-0.05, 0) is 5.56 Å². The van der Waals surface area contributed by atoms with Crippen molar-refractivity contribution in [2.24, 2.45) is 0 Å². The molecule has 1 aromatic rings. The maximum absolute atomic E-state index is 11.6. The second kappa shape index (κ2) is 4.43. The number of halogens is 3. The van der Waals surface area contributed by atoms with Crippen molar-refractivity contribution in [1.82, 2.24) is 0 Å². The first-order valence-corrected chi connectivity index (χ1v) is 3.93. The number of hydrogen-bond acceptors (Lipinski definition) is 2. The Kier molecular flexibility index (Phi) is 3.49. The maximum Gasteiger partial charge on any atom is 0.522 e. The Morgan fingerprint density at radius 1 is 1.21 bits per heavy atom. The van der Waals surface area contributed by atoms with Crippen molar-refractivity contribution >= 4 is 0 Å². The number of rotatable bonds is 3. The average Bonchev–Trinajstić information content (AvgIpc) is 2.14. The van der Waals surface area contributed by atoms with E-state index in [1.807, 2.05) is 0 Å². The zero-order valence-electron chi connectivity index (χ0n) is 7.16. The topological polar surface area (TPSA) is 29.5 Å². The molecule has 2 nitrogen and oxygen atoms in total. The molecule has 0 spiro atoms. The summed E-state index contributed by atoms with van der Waals surface area (Å²) in [5.41, 5.74) is 0.400. The predicted octanol–water partition coefficient (Wildman–Crippen LogP) is 2.26. The summed E-state index contributed by atoms with van der Waals surface area (Å²) in [5.74, 6) is 0. The Labute approximate surface area is 78.9 Å². The van der Waals surface area contributed by atoms with Crippen LogP contribution in [0.1, 0.15) is 11.7 Å². The molecule has 0 aliphatic carbocycles. The van der Waals surface area contributed by atoms with E-state index in [2.05, 4.69) is 4.74 Å². The van der Waals surface area contributed by atoms with Gasteiger partial charge in [-0.3, -0.25) is 4.74 Å². The molecule has 1 atom stereocenters.